The Morgan fingerprint density at radius 3 is 2.24 bits per heavy atom. The molecule has 7 nitrogen and oxygen atoms in total. The summed E-state index contributed by atoms with van der Waals surface area (Å²) in [6.45, 7) is 6.23. The predicted molar refractivity (Wildman–Crippen MR) is 129 cm³/mol. The first kappa shape index (κ1) is 23.8. The topological polar surface area (TPSA) is 79.0 Å². The minimum atomic E-state index is -0.632. The van der Waals surface area contributed by atoms with Crippen molar-refractivity contribution in [2.45, 2.75) is 64.3 Å². The lowest BCUT2D eigenvalue weighted by Gasteiger charge is -2.50. The predicted octanol–water partition coefficient (Wildman–Crippen LogP) is 4.37. The van der Waals surface area contributed by atoms with Crippen LogP contribution >= 0.6 is 0 Å². The molecule has 7 heteroatoms. The minimum Gasteiger partial charge on any atom is -0.444 e. The van der Waals surface area contributed by atoms with Crippen LogP contribution in [-0.2, 0) is 22.5 Å². The molecule has 180 valence electrons. The molecule has 0 bridgehead atoms. The van der Waals surface area contributed by atoms with Crippen molar-refractivity contribution in [1.82, 2.24) is 15.1 Å². The summed E-state index contributed by atoms with van der Waals surface area (Å²) < 4.78 is 5.48. The van der Waals surface area contributed by atoms with E-state index in [1.165, 1.54) is 4.90 Å². The molecule has 3 atom stereocenters. The van der Waals surface area contributed by atoms with Gasteiger partial charge >= 0.3 is 12.1 Å². The number of carbonyl (C=O) groups is 3. The number of ether oxygens (including phenoxy) is 1. The fourth-order valence-corrected chi connectivity index (χ4v) is 4.94. The molecule has 1 N–H and O–H groups in total. The van der Waals surface area contributed by atoms with E-state index < -0.39 is 23.7 Å². The lowest BCUT2D eigenvalue weighted by Crippen LogP contribution is -2.69. The number of amides is 4. The van der Waals surface area contributed by atoms with Gasteiger partial charge in [0.05, 0.1) is 24.5 Å². The lowest BCUT2D eigenvalue weighted by atomic mass is 9.80. The molecule has 0 aliphatic carbocycles. The molecule has 2 aliphatic rings. The number of imide groups is 1. The summed E-state index contributed by atoms with van der Waals surface area (Å²) in [4.78, 5) is 43.1. The molecule has 4 amide bonds. The van der Waals surface area contributed by atoms with E-state index in [4.69, 9.17) is 4.74 Å². The molecule has 2 aromatic carbocycles. The van der Waals surface area contributed by atoms with Crippen molar-refractivity contribution in [1.29, 1.82) is 0 Å². The van der Waals surface area contributed by atoms with Crippen LogP contribution in [0, 0.1) is 5.92 Å². The quantitative estimate of drug-likeness (QED) is 0.714. The highest BCUT2D eigenvalue weighted by Crippen LogP contribution is 2.34. The van der Waals surface area contributed by atoms with Crippen LogP contribution in [0.1, 0.15) is 44.7 Å². The summed E-state index contributed by atoms with van der Waals surface area (Å²) in [7, 11) is 0. The average Bonchev–Trinajstić information content (AvgIpc) is 2.79. The van der Waals surface area contributed by atoms with Crippen LogP contribution in [0.2, 0.25) is 0 Å². The molecular formula is C27H33N3O4. The van der Waals surface area contributed by atoms with E-state index >= 15 is 0 Å². The number of nitrogens with zero attached hydrogens (tertiary/aromatic N) is 2. The molecule has 0 spiro atoms. The maximum atomic E-state index is 13.8. The molecular weight excluding hydrogens is 430 g/mol. The Morgan fingerprint density at radius 2 is 1.62 bits per heavy atom. The second-order valence-corrected chi connectivity index (χ2v) is 10.1. The second kappa shape index (κ2) is 9.87. The Hall–Kier alpha value is -3.35. The molecule has 34 heavy (non-hydrogen) atoms. The maximum Gasteiger partial charge on any atom is 0.407 e. The molecule has 4 rings (SSSR count). The zero-order valence-electron chi connectivity index (χ0n) is 20.1. The highest BCUT2D eigenvalue weighted by Gasteiger charge is 2.51. The number of nitrogens with one attached hydrogen (secondary N) is 1. The van der Waals surface area contributed by atoms with Crippen LogP contribution < -0.4 is 5.32 Å². The summed E-state index contributed by atoms with van der Waals surface area (Å²) >= 11 is 0. The Balaban J connectivity index is 1.64. The minimum absolute atomic E-state index is 0.197. The monoisotopic (exact) mass is 463 g/mol. The SMILES string of the molecule is CC(C)(C)OC(=O)N[C@H]1CCCN2C(=O)N(Cc3ccccc3)C(=O)[C@@H](Cc3ccccc3)[C@@H]12. The van der Waals surface area contributed by atoms with Crippen LogP contribution in [0.4, 0.5) is 9.59 Å². The number of fused-ring (bicyclic) bond motifs is 1. The Morgan fingerprint density at radius 1 is 1.00 bits per heavy atom. The molecule has 0 radical (unpaired) electrons. The summed E-state index contributed by atoms with van der Waals surface area (Å²) in [5.74, 6) is -0.666. The number of urea groups is 1. The van der Waals surface area contributed by atoms with Crippen LogP contribution in [0.25, 0.3) is 0 Å². The van der Waals surface area contributed by atoms with Crippen molar-refractivity contribution in [3.8, 4) is 0 Å². The highest BCUT2D eigenvalue weighted by atomic mass is 16.6. The van der Waals surface area contributed by atoms with E-state index in [0.29, 0.717) is 19.4 Å². The molecule has 0 aromatic heterocycles. The summed E-state index contributed by atoms with van der Waals surface area (Å²) in [5.41, 5.74) is 1.30. The van der Waals surface area contributed by atoms with E-state index in [9.17, 15) is 14.4 Å². The maximum absolute atomic E-state index is 13.8. The van der Waals surface area contributed by atoms with Gasteiger partial charge in [-0.05, 0) is 51.2 Å². The van der Waals surface area contributed by atoms with Crippen LogP contribution in [-0.4, -0.2) is 52.1 Å². The van der Waals surface area contributed by atoms with E-state index in [-0.39, 0.29) is 24.5 Å². The van der Waals surface area contributed by atoms with Gasteiger partial charge in [0.25, 0.3) is 0 Å². The van der Waals surface area contributed by atoms with Crippen LogP contribution in [0.5, 0.6) is 0 Å². The van der Waals surface area contributed by atoms with E-state index in [2.05, 4.69) is 5.32 Å². The molecule has 2 fully saturated rings. The van der Waals surface area contributed by atoms with E-state index in [1.54, 1.807) is 4.90 Å². The Kier molecular flexibility index (Phi) is 6.91. The number of piperidine rings is 1. The molecule has 0 unspecified atom stereocenters. The fourth-order valence-electron chi connectivity index (χ4n) is 4.94. The largest absolute Gasteiger partial charge is 0.444 e. The van der Waals surface area contributed by atoms with Crippen LogP contribution in [0.3, 0.4) is 0 Å². The van der Waals surface area contributed by atoms with Gasteiger partial charge < -0.3 is 15.0 Å². The molecule has 2 saturated heterocycles. The van der Waals surface area contributed by atoms with Crippen molar-refractivity contribution >= 4 is 18.0 Å². The molecule has 2 aliphatic heterocycles. The number of hydrogen-bond acceptors (Lipinski definition) is 4. The molecule has 2 aromatic rings. The Bertz CT molecular complexity index is 1020. The van der Waals surface area contributed by atoms with Gasteiger partial charge in [-0.3, -0.25) is 9.69 Å². The third kappa shape index (κ3) is 5.41. The lowest BCUT2D eigenvalue weighted by molar-refractivity contribution is -0.141. The summed E-state index contributed by atoms with van der Waals surface area (Å²) in [6, 6.07) is 18.3. The number of benzene rings is 2. The average molecular weight is 464 g/mol. The normalized spacial score (nSPS) is 22.9. The van der Waals surface area contributed by atoms with Crippen molar-refractivity contribution in [3.63, 3.8) is 0 Å². The van der Waals surface area contributed by atoms with Gasteiger partial charge in [0, 0.05) is 6.54 Å². The fraction of sp³-hybridized carbons (Fsp3) is 0.444. The van der Waals surface area contributed by atoms with Gasteiger partial charge in [-0.15, -0.1) is 0 Å². The highest BCUT2D eigenvalue weighted by molar-refractivity contribution is 5.99. The third-order valence-electron chi connectivity index (χ3n) is 6.34. The first-order valence-electron chi connectivity index (χ1n) is 11.9. The van der Waals surface area contributed by atoms with Gasteiger partial charge in [0.15, 0.2) is 0 Å². The van der Waals surface area contributed by atoms with E-state index in [0.717, 1.165) is 17.5 Å². The number of carbonyl (C=O) groups excluding carboxylic acids is 3. The van der Waals surface area contributed by atoms with Crippen molar-refractivity contribution in [2.75, 3.05) is 6.54 Å². The second-order valence-electron chi connectivity index (χ2n) is 10.1. The van der Waals surface area contributed by atoms with Crippen LogP contribution in [0.15, 0.2) is 60.7 Å². The van der Waals surface area contributed by atoms with Crippen molar-refractivity contribution in [3.05, 3.63) is 71.8 Å². The first-order valence-corrected chi connectivity index (χ1v) is 11.9. The van der Waals surface area contributed by atoms with Gasteiger partial charge in [0.1, 0.15) is 5.60 Å². The molecule has 0 saturated carbocycles. The first-order chi connectivity index (χ1) is 16.2. The van der Waals surface area contributed by atoms with Gasteiger partial charge in [-0.2, -0.15) is 0 Å². The van der Waals surface area contributed by atoms with Crippen molar-refractivity contribution in [2.24, 2.45) is 5.92 Å². The number of rotatable bonds is 5. The zero-order chi connectivity index (χ0) is 24.3. The third-order valence-corrected chi connectivity index (χ3v) is 6.34. The Labute approximate surface area is 201 Å². The summed E-state index contributed by atoms with van der Waals surface area (Å²) in [5, 5.41) is 2.97. The standard InChI is InChI=1S/C27H33N3O4/c1-27(2,3)34-25(32)28-22-15-10-16-29-23(22)21(17-19-11-6-4-7-12-19)24(31)30(26(29)33)18-20-13-8-5-9-14-20/h4-9,11-14,21-23H,10,15-18H2,1-3H3,(H,28,32)/t21-,22-,23-/m0/s1. The number of alkyl carbamates (subject to hydrolysis) is 1. The smallest absolute Gasteiger partial charge is 0.407 e. The van der Waals surface area contributed by atoms with E-state index in [1.807, 2.05) is 81.4 Å². The summed E-state index contributed by atoms with van der Waals surface area (Å²) in [6.07, 6.45) is 1.40. The van der Waals surface area contributed by atoms with Gasteiger partial charge in [-0.25, -0.2) is 9.59 Å². The number of hydrogen-bond donors (Lipinski definition) is 1. The van der Waals surface area contributed by atoms with Gasteiger partial charge in [0.2, 0.25) is 5.91 Å². The zero-order valence-corrected chi connectivity index (χ0v) is 20.1. The van der Waals surface area contributed by atoms with Gasteiger partial charge in [-0.1, -0.05) is 60.7 Å². The molecule has 2 heterocycles. The van der Waals surface area contributed by atoms with Crippen molar-refractivity contribution < 1.29 is 19.1 Å².